The van der Waals surface area contributed by atoms with Crippen molar-refractivity contribution in [2.75, 3.05) is 0 Å². The fourth-order valence-electron chi connectivity index (χ4n) is 2.36. The van der Waals surface area contributed by atoms with Gasteiger partial charge in [0.2, 0.25) is 0 Å². The van der Waals surface area contributed by atoms with Gasteiger partial charge in [-0.05, 0) is 53.3 Å². The van der Waals surface area contributed by atoms with E-state index in [4.69, 9.17) is 11.6 Å². The third-order valence-corrected chi connectivity index (χ3v) is 3.91. The number of fused-ring (bicyclic) bond motifs is 1. The Hall–Kier alpha value is -2.17. The number of rotatable bonds is 0. The molecule has 0 amide bonds. The summed E-state index contributed by atoms with van der Waals surface area (Å²) in [6.07, 6.45) is 0. The van der Waals surface area contributed by atoms with Gasteiger partial charge in [0.1, 0.15) is 0 Å². The van der Waals surface area contributed by atoms with Gasteiger partial charge in [-0.2, -0.15) is 0 Å². The van der Waals surface area contributed by atoms with Crippen molar-refractivity contribution in [1.29, 1.82) is 0 Å². The summed E-state index contributed by atoms with van der Waals surface area (Å²) in [5.41, 5.74) is 4.46. The van der Waals surface area contributed by atoms with Crippen LogP contribution in [0.25, 0.3) is 10.9 Å². The van der Waals surface area contributed by atoms with E-state index < -0.39 is 0 Å². The van der Waals surface area contributed by atoms with Crippen LogP contribution in [0.3, 0.4) is 0 Å². The van der Waals surface area contributed by atoms with Crippen LogP contribution in [-0.2, 0) is 5.41 Å². The lowest BCUT2D eigenvalue weighted by Crippen LogP contribution is -2.10. The zero-order valence-corrected chi connectivity index (χ0v) is 13.8. The molecular weight excluding hydrogens is 290 g/mol. The summed E-state index contributed by atoms with van der Waals surface area (Å²) >= 11 is 6.00. The van der Waals surface area contributed by atoms with Crippen LogP contribution in [-0.4, -0.2) is 4.98 Å². The number of hydrogen-bond donors (Lipinski definition) is 1. The summed E-state index contributed by atoms with van der Waals surface area (Å²) in [7, 11) is 0. The number of benzene rings is 2. The Kier molecular flexibility index (Phi) is 3.72. The van der Waals surface area contributed by atoms with Crippen LogP contribution in [0.5, 0.6) is 0 Å². The Morgan fingerprint density at radius 3 is 2.32 bits per heavy atom. The summed E-state index contributed by atoms with van der Waals surface area (Å²) in [6.45, 7) is 6.63. The maximum absolute atomic E-state index is 6.00. The van der Waals surface area contributed by atoms with Gasteiger partial charge in [-0.3, -0.25) is 0 Å². The quantitative estimate of drug-likeness (QED) is 0.526. The number of nitrogens with one attached hydrogen (secondary N) is 1. The molecular formula is C20H18ClN. The van der Waals surface area contributed by atoms with E-state index in [2.05, 4.69) is 61.9 Å². The number of aromatic amines is 1. The van der Waals surface area contributed by atoms with Gasteiger partial charge in [0.15, 0.2) is 0 Å². The highest BCUT2D eigenvalue weighted by Crippen LogP contribution is 2.22. The van der Waals surface area contributed by atoms with Crippen molar-refractivity contribution < 1.29 is 0 Å². The SMILES string of the molecule is CC(C)(C)c1ccc(C#Cc2cc3cc(Cl)ccc3[nH]2)cc1. The molecule has 1 aromatic heterocycles. The molecule has 0 bridgehead atoms. The van der Waals surface area contributed by atoms with Gasteiger partial charge in [-0.1, -0.05) is 50.4 Å². The number of hydrogen-bond acceptors (Lipinski definition) is 0. The first-order valence-corrected chi connectivity index (χ1v) is 7.70. The molecule has 0 unspecified atom stereocenters. The van der Waals surface area contributed by atoms with E-state index in [9.17, 15) is 0 Å². The third-order valence-electron chi connectivity index (χ3n) is 3.68. The van der Waals surface area contributed by atoms with Crippen molar-refractivity contribution in [3.05, 3.63) is 70.4 Å². The van der Waals surface area contributed by atoms with E-state index >= 15 is 0 Å². The minimum atomic E-state index is 0.169. The van der Waals surface area contributed by atoms with Crippen molar-refractivity contribution in [1.82, 2.24) is 4.98 Å². The van der Waals surface area contributed by atoms with Gasteiger partial charge in [0, 0.05) is 21.5 Å². The van der Waals surface area contributed by atoms with Crippen LogP contribution in [0.15, 0.2) is 48.5 Å². The molecule has 1 nitrogen and oxygen atoms in total. The molecule has 0 aliphatic heterocycles. The smallest absolute Gasteiger partial charge is 0.0908 e. The molecule has 3 rings (SSSR count). The highest BCUT2D eigenvalue weighted by atomic mass is 35.5. The summed E-state index contributed by atoms with van der Waals surface area (Å²) in [4.78, 5) is 3.30. The summed E-state index contributed by atoms with van der Waals surface area (Å²) < 4.78 is 0. The second-order valence-corrected chi connectivity index (χ2v) is 6.93. The van der Waals surface area contributed by atoms with Gasteiger partial charge >= 0.3 is 0 Å². The average molecular weight is 308 g/mol. The zero-order chi connectivity index (χ0) is 15.7. The Morgan fingerprint density at radius 2 is 1.64 bits per heavy atom. The van der Waals surface area contributed by atoms with E-state index in [1.54, 1.807) is 0 Å². The van der Waals surface area contributed by atoms with Crippen LogP contribution in [0.4, 0.5) is 0 Å². The predicted octanol–water partition coefficient (Wildman–Crippen LogP) is 5.52. The second-order valence-electron chi connectivity index (χ2n) is 6.49. The van der Waals surface area contributed by atoms with Gasteiger partial charge in [0.05, 0.1) is 5.69 Å². The normalized spacial score (nSPS) is 11.3. The summed E-state index contributed by atoms with van der Waals surface area (Å²) in [5, 5.41) is 1.82. The zero-order valence-electron chi connectivity index (χ0n) is 13.0. The molecule has 0 atom stereocenters. The molecule has 22 heavy (non-hydrogen) atoms. The first-order valence-electron chi connectivity index (χ1n) is 7.33. The minimum absolute atomic E-state index is 0.169. The van der Waals surface area contributed by atoms with Crippen molar-refractivity contribution in [2.24, 2.45) is 0 Å². The molecule has 1 heterocycles. The van der Waals surface area contributed by atoms with Crippen LogP contribution < -0.4 is 0 Å². The molecule has 2 aromatic carbocycles. The van der Waals surface area contributed by atoms with Gasteiger partial charge < -0.3 is 4.98 Å². The first-order chi connectivity index (χ1) is 10.4. The molecule has 1 N–H and O–H groups in total. The van der Waals surface area contributed by atoms with E-state index in [-0.39, 0.29) is 5.41 Å². The molecule has 2 heteroatoms. The second kappa shape index (κ2) is 5.55. The lowest BCUT2D eigenvalue weighted by molar-refractivity contribution is 0.590. The van der Waals surface area contributed by atoms with Crippen LogP contribution in [0.2, 0.25) is 5.02 Å². The Labute approximate surface area is 136 Å². The number of halogens is 1. The van der Waals surface area contributed by atoms with Crippen LogP contribution in [0, 0.1) is 11.8 Å². The summed E-state index contributed by atoms with van der Waals surface area (Å²) in [5.74, 6) is 6.38. The standard InChI is InChI=1S/C20H18ClN/c1-20(2,3)16-7-4-14(5-8-16)6-10-18-13-15-12-17(21)9-11-19(15)22-18/h4-5,7-9,11-13,22H,1-3H3. The third kappa shape index (κ3) is 3.18. The highest BCUT2D eigenvalue weighted by molar-refractivity contribution is 6.31. The minimum Gasteiger partial charge on any atom is -0.348 e. The van der Waals surface area contributed by atoms with Crippen molar-refractivity contribution in [2.45, 2.75) is 26.2 Å². The van der Waals surface area contributed by atoms with Crippen LogP contribution in [0.1, 0.15) is 37.6 Å². The molecule has 3 aromatic rings. The fraction of sp³-hybridized carbons (Fsp3) is 0.200. The Balaban J connectivity index is 1.87. The topological polar surface area (TPSA) is 15.8 Å². The lowest BCUT2D eigenvalue weighted by Gasteiger charge is -2.18. The van der Waals surface area contributed by atoms with Crippen molar-refractivity contribution in [3.8, 4) is 11.8 Å². The maximum Gasteiger partial charge on any atom is 0.0908 e. The van der Waals surface area contributed by atoms with Gasteiger partial charge in [0.25, 0.3) is 0 Å². The average Bonchev–Trinajstić information content (AvgIpc) is 2.86. The van der Waals surface area contributed by atoms with Crippen LogP contribution >= 0.6 is 11.6 Å². The van der Waals surface area contributed by atoms with E-state index in [0.29, 0.717) is 0 Å². The Bertz CT molecular complexity index is 868. The predicted molar refractivity (Wildman–Crippen MR) is 94.4 cm³/mol. The maximum atomic E-state index is 6.00. The van der Waals surface area contributed by atoms with E-state index in [1.165, 1.54) is 5.56 Å². The number of H-pyrrole nitrogens is 1. The highest BCUT2D eigenvalue weighted by Gasteiger charge is 2.12. The Morgan fingerprint density at radius 1 is 0.909 bits per heavy atom. The van der Waals surface area contributed by atoms with Gasteiger partial charge in [-0.15, -0.1) is 0 Å². The number of aromatic nitrogens is 1. The molecule has 0 spiro atoms. The lowest BCUT2D eigenvalue weighted by atomic mass is 9.87. The molecule has 0 radical (unpaired) electrons. The first kappa shape index (κ1) is 14.8. The largest absolute Gasteiger partial charge is 0.348 e. The fourth-order valence-corrected chi connectivity index (χ4v) is 2.54. The molecule has 0 aliphatic carbocycles. The van der Waals surface area contributed by atoms with Gasteiger partial charge in [-0.25, -0.2) is 0 Å². The molecule has 0 saturated carbocycles. The van der Waals surface area contributed by atoms with Crippen molar-refractivity contribution >= 4 is 22.5 Å². The molecule has 0 fully saturated rings. The summed E-state index contributed by atoms with van der Waals surface area (Å²) in [6, 6.07) is 16.3. The monoisotopic (exact) mass is 307 g/mol. The molecule has 0 saturated heterocycles. The molecule has 110 valence electrons. The van der Waals surface area contributed by atoms with Crippen molar-refractivity contribution in [3.63, 3.8) is 0 Å². The van der Waals surface area contributed by atoms with E-state index in [1.807, 2.05) is 24.3 Å². The van der Waals surface area contributed by atoms with E-state index in [0.717, 1.165) is 27.2 Å². The molecule has 0 aliphatic rings.